The quantitative estimate of drug-likeness (QED) is 0.172. The zero-order valence-corrected chi connectivity index (χ0v) is 23.0. The average Bonchev–Trinajstić information content (AvgIpc) is 3.18. The molecule has 0 saturated carbocycles. The number of benzene rings is 1. The molecule has 0 atom stereocenters. The van der Waals surface area contributed by atoms with Gasteiger partial charge >= 0.3 is 13.8 Å². The number of ether oxygens (including phenoxy) is 1. The normalized spacial score (nSPS) is 12.1. The number of nitrogens with zero attached hydrogens (tertiary/aromatic N) is 4. The molecule has 4 rings (SSSR count). The monoisotopic (exact) mass is 580 g/mol. The van der Waals surface area contributed by atoms with E-state index in [2.05, 4.69) is 25.6 Å². The second kappa shape index (κ2) is 11.7. The summed E-state index contributed by atoms with van der Waals surface area (Å²) in [6, 6.07) is 6.48. The van der Waals surface area contributed by atoms with Crippen LogP contribution in [0.2, 0.25) is 0 Å². The molecule has 11 nitrogen and oxygen atoms in total. The Labute approximate surface area is 227 Å². The standard InChI is InChI=1S/C25H28F3N6O5P/c1-5-38-40(36,39-6-2)14-15-7-8-18(19(11-15)37-4)31-24-30-12-17(25(26,27)28)21(33-24)32-22-20-16(9-10-29-22)13-34(3)23(20)35/h7-13,35H,5-6,14H2,1-4H3,(H2,29,30,31,32,33). The van der Waals surface area contributed by atoms with E-state index in [0.29, 0.717) is 28.6 Å². The number of pyridine rings is 1. The van der Waals surface area contributed by atoms with Crippen molar-refractivity contribution in [2.45, 2.75) is 26.2 Å². The first kappa shape index (κ1) is 29.1. The van der Waals surface area contributed by atoms with Gasteiger partial charge in [-0.15, -0.1) is 0 Å². The minimum atomic E-state index is -4.78. The van der Waals surface area contributed by atoms with Gasteiger partial charge in [-0.1, -0.05) is 6.07 Å². The van der Waals surface area contributed by atoms with E-state index in [4.69, 9.17) is 13.8 Å². The molecule has 0 aliphatic heterocycles. The molecule has 3 heterocycles. The third kappa shape index (κ3) is 6.30. The molecule has 1 aromatic carbocycles. The van der Waals surface area contributed by atoms with Gasteiger partial charge in [0.05, 0.1) is 37.6 Å². The number of fused-ring (bicyclic) bond motifs is 1. The van der Waals surface area contributed by atoms with Crippen LogP contribution < -0.4 is 15.4 Å². The van der Waals surface area contributed by atoms with Gasteiger partial charge in [-0.05, 0) is 37.6 Å². The molecule has 0 bridgehead atoms. The number of aromatic nitrogens is 4. The molecule has 0 spiro atoms. The molecule has 0 amide bonds. The lowest BCUT2D eigenvalue weighted by Gasteiger charge is -2.18. The molecule has 0 aliphatic carbocycles. The summed E-state index contributed by atoms with van der Waals surface area (Å²) < 4.78 is 72.0. The Hall–Kier alpha value is -3.87. The van der Waals surface area contributed by atoms with Crippen molar-refractivity contribution in [1.82, 2.24) is 19.5 Å². The highest BCUT2D eigenvalue weighted by Crippen LogP contribution is 2.51. The number of hydrogen-bond acceptors (Lipinski definition) is 10. The van der Waals surface area contributed by atoms with E-state index in [1.54, 1.807) is 51.4 Å². The summed E-state index contributed by atoms with van der Waals surface area (Å²) in [5.74, 6) is -0.621. The third-order valence-electron chi connectivity index (χ3n) is 5.74. The summed E-state index contributed by atoms with van der Waals surface area (Å²) in [6.45, 7) is 3.85. The molecule has 0 fully saturated rings. The van der Waals surface area contributed by atoms with Crippen molar-refractivity contribution in [3.63, 3.8) is 0 Å². The maximum atomic E-state index is 13.8. The SMILES string of the molecule is CCOP(=O)(Cc1ccc(Nc2ncc(C(F)(F)F)c(Nc3nccc4cn(C)c(O)c34)n2)c(OC)c1)OCC. The lowest BCUT2D eigenvalue weighted by molar-refractivity contribution is -0.137. The van der Waals surface area contributed by atoms with Gasteiger partial charge < -0.3 is 34.1 Å². The van der Waals surface area contributed by atoms with Crippen LogP contribution in [-0.2, 0) is 33.0 Å². The number of aryl methyl sites for hydroxylation is 1. The second-order valence-electron chi connectivity index (χ2n) is 8.53. The molecule has 3 aromatic heterocycles. The Balaban J connectivity index is 1.67. The number of aromatic hydroxyl groups is 1. The van der Waals surface area contributed by atoms with Crippen molar-refractivity contribution in [1.29, 1.82) is 0 Å². The van der Waals surface area contributed by atoms with Crippen LogP contribution in [0.1, 0.15) is 25.0 Å². The van der Waals surface area contributed by atoms with E-state index in [1.807, 2.05) is 0 Å². The van der Waals surface area contributed by atoms with Gasteiger partial charge in [-0.3, -0.25) is 4.57 Å². The van der Waals surface area contributed by atoms with Crippen molar-refractivity contribution < 1.29 is 36.6 Å². The first-order valence-electron chi connectivity index (χ1n) is 12.1. The van der Waals surface area contributed by atoms with Crippen LogP contribution in [-0.4, -0.2) is 44.9 Å². The van der Waals surface area contributed by atoms with E-state index in [9.17, 15) is 22.8 Å². The zero-order chi connectivity index (χ0) is 29.1. The van der Waals surface area contributed by atoms with E-state index < -0.39 is 25.2 Å². The molecule has 0 unspecified atom stereocenters. The summed E-state index contributed by atoms with van der Waals surface area (Å²) in [7, 11) is -0.369. The highest BCUT2D eigenvalue weighted by molar-refractivity contribution is 7.53. The predicted molar refractivity (Wildman–Crippen MR) is 144 cm³/mol. The average molecular weight is 581 g/mol. The van der Waals surface area contributed by atoms with Crippen molar-refractivity contribution in [2.24, 2.45) is 7.05 Å². The zero-order valence-electron chi connectivity index (χ0n) is 22.1. The van der Waals surface area contributed by atoms with Gasteiger partial charge in [-0.25, -0.2) is 9.97 Å². The van der Waals surface area contributed by atoms with Gasteiger partial charge in [-0.2, -0.15) is 18.2 Å². The minimum absolute atomic E-state index is 0.00104. The summed E-state index contributed by atoms with van der Waals surface area (Å²) >= 11 is 0. The Morgan fingerprint density at radius 3 is 2.45 bits per heavy atom. The lowest BCUT2D eigenvalue weighted by atomic mass is 10.2. The summed E-state index contributed by atoms with van der Waals surface area (Å²) in [5, 5.41) is 16.7. The Bertz CT molecular complexity index is 1550. The summed E-state index contributed by atoms with van der Waals surface area (Å²) in [6.07, 6.45) is -1.11. The molecule has 214 valence electrons. The highest BCUT2D eigenvalue weighted by atomic mass is 31.2. The van der Waals surface area contributed by atoms with Crippen LogP contribution in [0.4, 0.5) is 36.4 Å². The number of hydrogen-bond donors (Lipinski definition) is 3. The molecule has 0 saturated heterocycles. The van der Waals surface area contributed by atoms with Gasteiger partial charge in [0.15, 0.2) is 0 Å². The molecular weight excluding hydrogens is 552 g/mol. The smallest absolute Gasteiger partial charge is 0.421 e. The molecule has 4 aromatic rings. The number of nitrogens with one attached hydrogen (secondary N) is 2. The van der Waals surface area contributed by atoms with E-state index in [1.165, 1.54) is 17.9 Å². The fourth-order valence-corrected chi connectivity index (χ4v) is 5.71. The highest BCUT2D eigenvalue weighted by Gasteiger charge is 2.36. The Morgan fingerprint density at radius 2 is 1.80 bits per heavy atom. The largest absolute Gasteiger partial charge is 0.495 e. The van der Waals surface area contributed by atoms with Gasteiger partial charge in [0, 0.05) is 31.0 Å². The van der Waals surface area contributed by atoms with Crippen molar-refractivity contribution in [2.75, 3.05) is 31.0 Å². The second-order valence-corrected chi connectivity index (χ2v) is 10.6. The molecule has 40 heavy (non-hydrogen) atoms. The van der Waals surface area contributed by atoms with Crippen LogP contribution in [0, 0.1) is 0 Å². The number of methoxy groups -OCH3 is 1. The Kier molecular flexibility index (Phi) is 8.52. The number of alkyl halides is 3. The lowest BCUT2D eigenvalue weighted by Crippen LogP contribution is -2.13. The van der Waals surface area contributed by atoms with Crippen molar-refractivity contribution >= 4 is 41.6 Å². The fourth-order valence-electron chi connectivity index (χ4n) is 4.02. The third-order valence-corrected chi connectivity index (χ3v) is 7.80. The van der Waals surface area contributed by atoms with Crippen LogP contribution in [0.15, 0.2) is 42.9 Å². The summed E-state index contributed by atoms with van der Waals surface area (Å²) in [5.41, 5.74) is -0.178. The first-order valence-corrected chi connectivity index (χ1v) is 13.9. The van der Waals surface area contributed by atoms with Crippen molar-refractivity contribution in [3.8, 4) is 11.6 Å². The summed E-state index contributed by atoms with van der Waals surface area (Å²) in [4.78, 5) is 12.0. The van der Waals surface area contributed by atoms with E-state index in [-0.39, 0.29) is 42.4 Å². The number of rotatable bonds is 11. The number of anilines is 4. The topological polar surface area (TPSA) is 133 Å². The first-order chi connectivity index (χ1) is 19.0. The van der Waals surface area contributed by atoms with Crippen LogP contribution in [0.3, 0.4) is 0 Å². The van der Waals surface area contributed by atoms with Gasteiger partial charge in [0.2, 0.25) is 11.8 Å². The van der Waals surface area contributed by atoms with Crippen molar-refractivity contribution in [3.05, 3.63) is 54.0 Å². The predicted octanol–water partition coefficient (Wildman–Crippen LogP) is 6.35. The van der Waals surface area contributed by atoms with Crippen LogP contribution >= 0.6 is 7.60 Å². The maximum absolute atomic E-state index is 13.8. The van der Waals surface area contributed by atoms with Gasteiger partial charge in [0.25, 0.3) is 0 Å². The molecular formula is C25H28F3N6O5P. The molecule has 0 aliphatic rings. The fraction of sp³-hybridized carbons (Fsp3) is 0.320. The minimum Gasteiger partial charge on any atom is -0.495 e. The maximum Gasteiger partial charge on any atom is 0.421 e. The van der Waals surface area contributed by atoms with Gasteiger partial charge in [0.1, 0.15) is 22.9 Å². The van der Waals surface area contributed by atoms with Crippen LogP contribution in [0.5, 0.6) is 11.6 Å². The Morgan fingerprint density at radius 1 is 1.07 bits per heavy atom. The molecule has 15 heteroatoms. The van der Waals surface area contributed by atoms with Crippen LogP contribution in [0.25, 0.3) is 10.8 Å². The number of halogens is 3. The molecule has 3 N–H and O–H groups in total. The van der Waals surface area contributed by atoms with E-state index in [0.717, 1.165) is 0 Å². The molecule has 0 radical (unpaired) electrons. The van der Waals surface area contributed by atoms with E-state index >= 15 is 0 Å².